The molecule has 0 fully saturated rings. The average Bonchev–Trinajstić information content (AvgIpc) is 3.18. The van der Waals surface area contributed by atoms with Gasteiger partial charge in [0.15, 0.2) is 15.0 Å². The average molecular weight is 449 g/mol. The molecule has 4 rings (SSSR count). The van der Waals surface area contributed by atoms with Crippen LogP contribution in [0, 0.1) is 6.92 Å². The van der Waals surface area contributed by atoms with Crippen LogP contribution in [0.1, 0.15) is 5.56 Å². The summed E-state index contributed by atoms with van der Waals surface area (Å²) in [5, 5.41) is 3.03. The van der Waals surface area contributed by atoms with Gasteiger partial charge in [-0.05, 0) is 24.6 Å². The summed E-state index contributed by atoms with van der Waals surface area (Å²) in [7, 11) is -3.74. The molecule has 1 N–H and O–H groups in total. The molecule has 7 heteroatoms. The summed E-state index contributed by atoms with van der Waals surface area (Å²) in [5.41, 5.74) is 3.60. The lowest BCUT2D eigenvalue weighted by atomic mass is 10.1. The number of anilines is 1. The smallest absolute Gasteiger partial charge is 0.241 e. The first-order valence-electron chi connectivity index (χ1n) is 9.63. The highest BCUT2D eigenvalue weighted by molar-refractivity contribution is 7.92. The van der Waals surface area contributed by atoms with Gasteiger partial charge >= 0.3 is 0 Å². The van der Waals surface area contributed by atoms with Crippen molar-refractivity contribution in [2.24, 2.45) is 0 Å². The Hall–Kier alpha value is -3.29. The molecule has 1 amide bonds. The third kappa shape index (κ3) is 4.90. The molecule has 4 aromatic rings. The summed E-state index contributed by atoms with van der Waals surface area (Å²) in [6.07, 6.45) is 0. The number of nitrogens with one attached hydrogen (secondary N) is 1. The fraction of sp³-hybridized carbons (Fsp3) is 0.0833. The Labute approximate surface area is 185 Å². The molecule has 0 spiro atoms. The van der Waals surface area contributed by atoms with E-state index in [4.69, 9.17) is 0 Å². The second-order valence-electron chi connectivity index (χ2n) is 7.05. The Morgan fingerprint density at radius 2 is 1.45 bits per heavy atom. The Morgan fingerprint density at radius 1 is 0.871 bits per heavy atom. The van der Waals surface area contributed by atoms with Gasteiger partial charge in [-0.1, -0.05) is 89.7 Å². The van der Waals surface area contributed by atoms with Gasteiger partial charge in [-0.15, -0.1) is 0 Å². The second kappa shape index (κ2) is 8.83. The van der Waals surface area contributed by atoms with Crippen LogP contribution in [0.5, 0.6) is 0 Å². The van der Waals surface area contributed by atoms with E-state index in [2.05, 4.69) is 10.3 Å². The topological polar surface area (TPSA) is 76.1 Å². The van der Waals surface area contributed by atoms with Crippen molar-refractivity contribution in [2.75, 3.05) is 11.1 Å². The summed E-state index contributed by atoms with van der Waals surface area (Å²) in [6, 6.07) is 25.9. The molecule has 0 saturated carbocycles. The minimum Gasteiger partial charge on any atom is -0.301 e. The number of nitrogens with zero attached hydrogens (tertiary/aromatic N) is 1. The van der Waals surface area contributed by atoms with E-state index in [-0.39, 0.29) is 4.90 Å². The van der Waals surface area contributed by atoms with Gasteiger partial charge in [0.2, 0.25) is 5.91 Å². The van der Waals surface area contributed by atoms with Gasteiger partial charge in [0.1, 0.15) is 5.75 Å². The van der Waals surface area contributed by atoms with Crippen molar-refractivity contribution in [3.63, 3.8) is 0 Å². The van der Waals surface area contributed by atoms with Crippen molar-refractivity contribution < 1.29 is 13.2 Å². The van der Waals surface area contributed by atoms with Crippen LogP contribution in [0.15, 0.2) is 89.8 Å². The molecule has 156 valence electrons. The van der Waals surface area contributed by atoms with E-state index < -0.39 is 21.5 Å². The highest BCUT2D eigenvalue weighted by Crippen LogP contribution is 2.38. The molecule has 1 heterocycles. The largest absolute Gasteiger partial charge is 0.301 e. The maximum atomic E-state index is 12.6. The van der Waals surface area contributed by atoms with Crippen LogP contribution in [0.2, 0.25) is 0 Å². The van der Waals surface area contributed by atoms with Crippen molar-refractivity contribution in [1.82, 2.24) is 4.98 Å². The van der Waals surface area contributed by atoms with Gasteiger partial charge in [0, 0.05) is 5.56 Å². The number of benzene rings is 3. The van der Waals surface area contributed by atoms with Crippen LogP contribution < -0.4 is 5.32 Å². The van der Waals surface area contributed by atoms with E-state index in [9.17, 15) is 13.2 Å². The lowest BCUT2D eigenvalue weighted by Gasteiger charge is -2.05. The van der Waals surface area contributed by atoms with Crippen LogP contribution >= 0.6 is 11.3 Å². The summed E-state index contributed by atoms with van der Waals surface area (Å²) >= 11 is 1.32. The zero-order valence-electron chi connectivity index (χ0n) is 16.8. The third-order valence-electron chi connectivity index (χ3n) is 4.66. The van der Waals surface area contributed by atoms with E-state index in [1.165, 1.54) is 23.5 Å². The fourth-order valence-corrected chi connectivity index (χ4v) is 5.25. The van der Waals surface area contributed by atoms with Crippen LogP contribution in [0.4, 0.5) is 5.13 Å². The number of aryl methyl sites for hydroxylation is 1. The maximum Gasteiger partial charge on any atom is 0.241 e. The molecule has 0 aliphatic carbocycles. The van der Waals surface area contributed by atoms with Crippen molar-refractivity contribution in [3.05, 3.63) is 90.5 Å². The molecule has 0 saturated heterocycles. The normalized spacial score (nSPS) is 11.3. The molecule has 0 atom stereocenters. The van der Waals surface area contributed by atoms with Crippen molar-refractivity contribution in [1.29, 1.82) is 0 Å². The zero-order valence-corrected chi connectivity index (χ0v) is 18.4. The lowest BCUT2D eigenvalue weighted by molar-refractivity contribution is -0.113. The van der Waals surface area contributed by atoms with E-state index in [0.29, 0.717) is 5.13 Å². The third-order valence-corrected chi connectivity index (χ3v) is 7.31. The lowest BCUT2D eigenvalue weighted by Crippen LogP contribution is -2.23. The Morgan fingerprint density at radius 3 is 2.06 bits per heavy atom. The van der Waals surface area contributed by atoms with Crippen LogP contribution in [-0.4, -0.2) is 25.1 Å². The van der Waals surface area contributed by atoms with E-state index in [0.717, 1.165) is 27.3 Å². The molecule has 5 nitrogen and oxygen atoms in total. The van der Waals surface area contributed by atoms with Crippen molar-refractivity contribution in [3.8, 4) is 21.7 Å². The zero-order chi connectivity index (χ0) is 21.8. The van der Waals surface area contributed by atoms with Gasteiger partial charge in [-0.25, -0.2) is 13.4 Å². The first kappa shape index (κ1) is 21.0. The Kier molecular flexibility index (Phi) is 5.97. The molecule has 0 unspecified atom stereocenters. The van der Waals surface area contributed by atoms with Gasteiger partial charge in [0.25, 0.3) is 0 Å². The molecule has 31 heavy (non-hydrogen) atoms. The number of hydrogen-bond donors (Lipinski definition) is 1. The Bertz CT molecular complexity index is 1240. The Balaban J connectivity index is 1.61. The number of carbonyl (C=O) groups is 1. The van der Waals surface area contributed by atoms with Crippen molar-refractivity contribution >= 4 is 32.2 Å². The van der Waals surface area contributed by atoms with E-state index in [1.54, 1.807) is 12.1 Å². The highest BCUT2D eigenvalue weighted by Gasteiger charge is 2.21. The van der Waals surface area contributed by atoms with E-state index in [1.807, 2.05) is 67.6 Å². The summed E-state index contributed by atoms with van der Waals surface area (Å²) in [6.45, 7) is 1.88. The van der Waals surface area contributed by atoms with Gasteiger partial charge in [-0.2, -0.15) is 0 Å². The highest BCUT2D eigenvalue weighted by atomic mass is 32.2. The standard InChI is InChI=1S/C24H20N2O3S2/c1-17-12-14-20(15-13-17)31(28,29)16-21(27)25-24-26-22(18-8-4-2-5-9-18)23(30-24)19-10-6-3-7-11-19/h2-15H,16H2,1H3,(H,25,26,27). The number of hydrogen-bond acceptors (Lipinski definition) is 5. The second-order valence-corrected chi connectivity index (χ2v) is 10.0. The minimum absolute atomic E-state index is 0.127. The van der Waals surface area contributed by atoms with E-state index >= 15 is 0 Å². The van der Waals surface area contributed by atoms with Gasteiger partial charge in [0.05, 0.1) is 15.5 Å². The number of sulfone groups is 1. The number of carbonyl (C=O) groups excluding carboxylic acids is 1. The minimum atomic E-state index is -3.74. The predicted molar refractivity (Wildman–Crippen MR) is 125 cm³/mol. The maximum absolute atomic E-state index is 12.6. The number of amides is 1. The van der Waals surface area contributed by atoms with Crippen LogP contribution in [-0.2, 0) is 14.6 Å². The molecule has 0 bridgehead atoms. The molecule has 1 aromatic heterocycles. The van der Waals surface area contributed by atoms with Crippen molar-refractivity contribution in [2.45, 2.75) is 11.8 Å². The number of thiazole rings is 1. The monoisotopic (exact) mass is 448 g/mol. The first-order valence-corrected chi connectivity index (χ1v) is 12.1. The quantitative estimate of drug-likeness (QED) is 0.440. The summed E-state index contributed by atoms with van der Waals surface area (Å²) in [5.74, 6) is -1.26. The molecule has 0 radical (unpaired) electrons. The van der Waals surface area contributed by atoms with Gasteiger partial charge < -0.3 is 5.32 Å². The number of rotatable bonds is 6. The molecule has 3 aromatic carbocycles. The van der Waals surface area contributed by atoms with Crippen LogP contribution in [0.3, 0.4) is 0 Å². The number of aromatic nitrogens is 1. The SMILES string of the molecule is Cc1ccc(S(=O)(=O)CC(=O)Nc2nc(-c3ccccc3)c(-c3ccccc3)s2)cc1. The summed E-state index contributed by atoms with van der Waals surface area (Å²) in [4.78, 5) is 18.2. The van der Waals surface area contributed by atoms with Crippen LogP contribution in [0.25, 0.3) is 21.7 Å². The molecular weight excluding hydrogens is 428 g/mol. The molecule has 0 aliphatic heterocycles. The van der Waals surface area contributed by atoms with Gasteiger partial charge in [-0.3, -0.25) is 4.79 Å². The first-order chi connectivity index (χ1) is 14.9. The summed E-state index contributed by atoms with van der Waals surface area (Å²) < 4.78 is 25.2. The molecule has 0 aliphatic rings. The fourth-order valence-electron chi connectivity index (χ4n) is 3.11. The molecular formula is C24H20N2O3S2. The predicted octanol–water partition coefficient (Wildman–Crippen LogP) is 5.20.